The molecule has 14 heavy (non-hydrogen) atoms. The summed E-state index contributed by atoms with van der Waals surface area (Å²) >= 11 is 0. The molecule has 0 saturated heterocycles. The van der Waals surface area contributed by atoms with E-state index < -0.39 is 10.1 Å². The van der Waals surface area contributed by atoms with Crippen molar-refractivity contribution in [2.75, 3.05) is 5.75 Å². The molecule has 0 aliphatic rings. The largest absolute Gasteiger partial charge is 0.303 e. The van der Waals surface area contributed by atoms with Gasteiger partial charge in [0.15, 0.2) is 0 Å². The maximum absolute atomic E-state index is 10.3. The predicted octanol–water partition coefficient (Wildman–Crippen LogP) is 1.80. The van der Waals surface area contributed by atoms with Crippen molar-refractivity contribution in [1.29, 1.82) is 0 Å². The number of carbonyl (C=O) groups excluding carboxylic acids is 1. The van der Waals surface area contributed by atoms with E-state index in [4.69, 9.17) is 4.55 Å². The van der Waals surface area contributed by atoms with Gasteiger partial charge in [-0.25, -0.2) is 0 Å². The van der Waals surface area contributed by atoms with Gasteiger partial charge in [0, 0.05) is 6.42 Å². The normalized spacial score (nSPS) is 11.5. The Labute approximate surface area is 85.4 Å². The van der Waals surface area contributed by atoms with E-state index in [2.05, 4.69) is 0 Å². The second kappa shape index (κ2) is 7.94. The molecular formula is C9H18O4S. The van der Waals surface area contributed by atoms with E-state index in [9.17, 15) is 13.2 Å². The van der Waals surface area contributed by atoms with Gasteiger partial charge in [-0.1, -0.05) is 25.7 Å². The number of aldehydes is 1. The van der Waals surface area contributed by atoms with Crippen LogP contribution in [0.5, 0.6) is 0 Å². The Balaban J connectivity index is 3.10. The SMILES string of the molecule is O=CCCCCCCCCS(=O)(=O)O. The van der Waals surface area contributed by atoms with E-state index >= 15 is 0 Å². The zero-order valence-electron chi connectivity index (χ0n) is 8.31. The summed E-state index contributed by atoms with van der Waals surface area (Å²) in [5.74, 6) is -0.138. The van der Waals surface area contributed by atoms with Crippen LogP contribution in [-0.2, 0) is 14.9 Å². The van der Waals surface area contributed by atoms with Gasteiger partial charge in [-0.05, 0) is 12.8 Å². The van der Waals surface area contributed by atoms with Crippen LogP contribution in [0.25, 0.3) is 0 Å². The van der Waals surface area contributed by atoms with E-state index in [0.29, 0.717) is 12.8 Å². The average Bonchev–Trinajstić information content (AvgIpc) is 2.08. The number of hydrogen-bond donors (Lipinski definition) is 1. The topological polar surface area (TPSA) is 71.4 Å². The molecule has 0 unspecified atom stereocenters. The first-order valence-corrected chi connectivity index (χ1v) is 6.56. The van der Waals surface area contributed by atoms with Crippen LogP contribution in [0.4, 0.5) is 0 Å². The molecule has 0 amide bonds. The van der Waals surface area contributed by atoms with Gasteiger partial charge >= 0.3 is 0 Å². The van der Waals surface area contributed by atoms with Crippen molar-refractivity contribution in [3.63, 3.8) is 0 Å². The van der Waals surface area contributed by atoms with Gasteiger partial charge in [-0.15, -0.1) is 0 Å². The van der Waals surface area contributed by atoms with E-state index in [1.54, 1.807) is 0 Å². The van der Waals surface area contributed by atoms with Crippen LogP contribution in [0.3, 0.4) is 0 Å². The molecule has 0 bridgehead atoms. The number of rotatable bonds is 9. The molecule has 0 aromatic carbocycles. The summed E-state index contributed by atoms with van der Waals surface area (Å²) in [7, 11) is -3.77. The molecule has 0 aromatic rings. The fourth-order valence-electron chi connectivity index (χ4n) is 1.22. The highest BCUT2D eigenvalue weighted by Crippen LogP contribution is 2.07. The highest BCUT2D eigenvalue weighted by atomic mass is 32.2. The van der Waals surface area contributed by atoms with Gasteiger partial charge in [0.2, 0.25) is 0 Å². The Morgan fingerprint density at radius 1 is 0.929 bits per heavy atom. The standard InChI is InChI=1S/C9H18O4S/c10-8-6-4-2-1-3-5-7-9-14(11,12)13/h8H,1-7,9H2,(H,11,12,13). The third kappa shape index (κ3) is 11.6. The molecule has 0 fully saturated rings. The number of carbonyl (C=O) groups is 1. The van der Waals surface area contributed by atoms with Crippen molar-refractivity contribution in [2.24, 2.45) is 0 Å². The number of unbranched alkanes of at least 4 members (excludes halogenated alkanes) is 6. The van der Waals surface area contributed by atoms with E-state index in [1.807, 2.05) is 0 Å². The molecule has 0 rings (SSSR count). The van der Waals surface area contributed by atoms with Gasteiger partial charge in [0.25, 0.3) is 10.1 Å². The second-order valence-electron chi connectivity index (χ2n) is 3.36. The monoisotopic (exact) mass is 222 g/mol. The molecule has 84 valence electrons. The van der Waals surface area contributed by atoms with Crippen molar-refractivity contribution < 1.29 is 17.8 Å². The summed E-state index contributed by atoms with van der Waals surface area (Å²) in [6, 6.07) is 0. The van der Waals surface area contributed by atoms with Crippen LogP contribution in [0.15, 0.2) is 0 Å². The molecule has 0 aliphatic heterocycles. The average molecular weight is 222 g/mol. The second-order valence-corrected chi connectivity index (χ2v) is 4.93. The van der Waals surface area contributed by atoms with Gasteiger partial charge in [-0.2, -0.15) is 8.42 Å². The third-order valence-electron chi connectivity index (χ3n) is 1.97. The Morgan fingerprint density at radius 3 is 1.93 bits per heavy atom. The third-order valence-corrected chi connectivity index (χ3v) is 2.78. The lowest BCUT2D eigenvalue weighted by molar-refractivity contribution is -0.107. The van der Waals surface area contributed by atoms with Crippen LogP contribution in [0.2, 0.25) is 0 Å². The van der Waals surface area contributed by atoms with Crippen molar-refractivity contribution in [3.8, 4) is 0 Å². The molecule has 0 radical (unpaired) electrons. The molecule has 5 heteroatoms. The van der Waals surface area contributed by atoms with Crippen LogP contribution < -0.4 is 0 Å². The van der Waals surface area contributed by atoms with Crippen molar-refractivity contribution in [3.05, 3.63) is 0 Å². The molecule has 0 saturated carbocycles. The summed E-state index contributed by atoms with van der Waals surface area (Å²) in [5, 5.41) is 0. The van der Waals surface area contributed by atoms with E-state index in [0.717, 1.165) is 38.4 Å². The fraction of sp³-hybridized carbons (Fsp3) is 0.889. The first-order valence-electron chi connectivity index (χ1n) is 4.95. The van der Waals surface area contributed by atoms with E-state index in [-0.39, 0.29) is 5.75 Å². The molecule has 1 N–H and O–H groups in total. The minimum absolute atomic E-state index is 0.138. The summed E-state index contributed by atoms with van der Waals surface area (Å²) in [6.45, 7) is 0. The summed E-state index contributed by atoms with van der Waals surface area (Å²) in [4.78, 5) is 9.96. The lowest BCUT2D eigenvalue weighted by Gasteiger charge is -1.99. The van der Waals surface area contributed by atoms with Crippen molar-refractivity contribution in [1.82, 2.24) is 0 Å². The lowest BCUT2D eigenvalue weighted by Crippen LogP contribution is -2.03. The van der Waals surface area contributed by atoms with E-state index in [1.165, 1.54) is 0 Å². The highest BCUT2D eigenvalue weighted by Gasteiger charge is 2.02. The minimum Gasteiger partial charge on any atom is -0.303 e. The van der Waals surface area contributed by atoms with Crippen LogP contribution in [0, 0.1) is 0 Å². The Bertz CT molecular complexity index is 233. The zero-order valence-corrected chi connectivity index (χ0v) is 9.13. The lowest BCUT2D eigenvalue weighted by atomic mass is 10.1. The predicted molar refractivity (Wildman–Crippen MR) is 54.8 cm³/mol. The fourth-order valence-corrected chi connectivity index (χ4v) is 1.79. The Morgan fingerprint density at radius 2 is 1.43 bits per heavy atom. The zero-order chi connectivity index (χ0) is 10.9. The van der Waals surface area contributed by atoms with Gasteiger partial charge < -0.3 is 4.79 Å². The Hall–Kier alpha value is -0.420. The molecule has 0 aromatic heterocycles. The molecule has 0 aliphatic carbocycles. The molecule has 4 nitrogen and oxygen atoms in total. The minimum atomic E-state index is -3.77. The van der Waals surface area contributed by atoms with Crippen molar-refractivity contribution >= 4 is 16.4 Å². The molecule has 0 spiro atoms. The summed E-state index contributed by atoms with van der Waals surface area (Å²) < 4.78 is 29.1. The van der Waals surface area contributed by atoms with Gasteiger partial charge in [0.05, 0.1) is 5.75 Å². The van der Waals surface area contributed by atoms with Crippen LogP contribution >= 0.6 is 0 Å². The first kappa shape index (κ1) is 13.6. The highest BCUT2D eigenvalue weighted by molar-refractivity contribution is 7.85. The van der Waals surface area contributed by atoms with Crippen LogP contribution in [0.1, 0.15) is 44.9 Å². The number of hydrogen-bond acceptors (Lipinski definition) is 3. The van der Waals surface area contributed by atoms with Gasteiger partial charge in [0.1, 0.15) is 6.29 Å². The summed E-state index contributed by atoms with van der Waals surface area (Å²) in [5.41, 5.74) is 0. The van der Waals surface area contributed by atoms with Crippen molar-refractivity contribution in [2.45, 2.75) is 44.9 Å². The Kier molecular flexibility index (Phi) is 7.70. The summed E-state index contributed by atoms with van der Waals surface area (Å²) in [6.07, 6.45) is 6.80. The molecule has 0 heterocycles. The maximum Gasteiger partial charge on any atom is 0.264 e. The smallest absolute Gasteiger partial charge is 0.264 e. The quantitative estimate of drug-likeness (QED) is 0.367. The molecular weight excluding hydrogens is 204 g/mol. The first-order chi connectivity index (χ1) is 6.56. The maximum atomic E-state index is 10.3. The van der Waals surface area contributed by atoms with Crippen LogP contribution in [-0.4, -0.2) is 25.0 Å². The van der Waals surface area contributed by atoms with Gasteiger partial charge in [-0.3, -0.25) is 4.55 Å². The molecule has 0 atom stereocenters.